The van der Waals surface area contributed by atoms with E-state index in [0.29, 0.717) is 0 Å². The molecule has 0 fully saturated rings. The third kappa shape index (κ3) is 10.4. The fraction of sp³-hybridized carbons (Fsp3) is 0.0270. The lowest BCUT2D eigenvalue weighted by molar-refractivity contribution is 0.445. The van der Waals surface area contributed by atoms with Crippen molar-refractivity contribution in [2.45, 2.75) is 40.4 Å². The standard InChI is InChI=1S/C39H27BN2O2.C36H21BN2O2.C36H23BN2S2/c1-22-18-23(2)36(24(3)19-22)40-28-12-8-16-32-37(28)42-38-29(40)13-9-17-33(38)44-35-21-25(20-34(43-32)39(35)42)41-30-14-6-4-10-26(30)27-11-5-7-15-31(27)41;1-2-10-22(11-3-1)37-26-14-8-18-30-34(26)39-35-27(37)15-9-19-31(35)41-33-21-23(20-32(40-30)36(33)39)38-28-16-6-4-12-24(28)25-13-5-7-17-29(25)38;1-4-12-24(13-5-1)37-28-18-10-20-30-34(28)39-35-29(37)19-11-21-31(35)41-33-23-27(22-32(40-30)36(33)39)38(25-14-6-2-7-15-25)26-16-8-3-9-17-26/h4-21H,1-3H3;1-21H;1-23H. The summed E-state index contributed by atoms with van der Waals surface area (Å²) >= 11 is 3.81. The molecule has 0 radical (unpaired) electrons. The molecule has 18 aromatic carbocycles. The minimum atomic E-state index is 0.0731. The van der Waals surface area contributed by atoms with Crippen LogP contribution in [-0.4, -0.2) is 29.3 Å². The van der Waals surface area contributed by atoms with Gasteiger partial charge in [0, 0.05) is 82.5 Å². The summed E-state index contributed by atoms with van der Waals surface area (Å²) in [6, 6.07) is 135. The van der Waals surface area contributed by atoms with Crippen LogP contribution in [-0.2, 0) is 0 Å². The number of anilines is 12. The summed E-state index contributed by atoms with van der Waals surface area (Å²) in [4.78, 5) is 15.0. The van der Waals surface area contributed by atoms with E-state index in [4.69, 9.17) is 18.9 Å². The highest BCUT2D eigenvalue weighted by atomic mass is 32.2. The van der Waals surface area contributed by atoms with Crippen LogP contribution in [0.1, 0.15) is 16.7 Å². The molecule has 0 unspecified atom stereocenters. The van der Waals surface area contributed by atoms with E-state index < -0.39 is 0 Å². The van der Waals surface area contributed by atoms with Crippen molar-refractivity contribution in [3.8, 4) is 57.4 Å². The summed E-state index contributed by atoms with van der Waals surface area (Å²) < 4.78 is 31.8. The molecule has 11 heterocycles. The molecule has 10 nitrogen and oxygen atoms in total. The van der Waals surface area contributed by atoms with Crippen LogP contribution in [0.5, 0.6) is 46.0 Å². The summed E-state index contributed by atoms with van der Waals surface area (Å²) in [5.41, 5.74) is 36.1. The molecule has 9 aliphatic rings. The first-order chi connectivity index (χ1) is 62.3. The van der Waals surface area contributed by atoms with Gasteiger partial charge in [-0.15, -0.1) is 0 Å². The minimum absolute atomic E-state index is 0.0731. The monoisotopic (exact) mass is 1650 g/mol. The van der Waals surface area contributed by atoms with Crippen LogP contribution in [0.25, 0.3) is 55.0 Å². The molecule has 0 atom stereocenters. The Balaban J connectivity index is 0.0000000983. The molecule has 0 bridgehead atoms. The van der Waals surface area contributed by atoms with Gasteiger partial charge in [-0.3, -0.25) is 9.80 Å². The van der Waals surface area contributed by atoms with E-state index in [-0.39, 0.29) is 20.1 Å². The van der Waals surface area contributed by atoms with Gasteiger partial charge in [0.1, 0.15) is 11.4 Å². The molecule has 2 aromatic heterocycles. The molecule has 15 heteroatoms. The summed E-state index contributed by atoms with van der Waals surface area (Å²) in [5, 5.41) is 4.91. The maximum atomic E-state index is 6.84. The van der Waals surface area contributed by atoms with Crippen molar-refractivity contribution in [2.75, 3.05) is 19.6 Å². The number of aromatic nitrogens is 2. The first-order valence-electron chi connectivity index (χ1n) is 43.1. The van der Waals surface area contributed by atoms with Gasteiger partial charge in [-0.25, -0.2) is 0 Å². The molecule has 20 aromatic rings. The van der Waals surface area contributed by atoms with Gasteiger partial charge in [-0.1, -0.05) is 311 Å². The van der Waals surface area contributed by atoms with Crippen molar-refractivity contribution >= 4 is 205 Å². The van der Waals surface area contributed by atoms with E-state index in [9.17, 15) is 0 Å². The van der Waals surface area contributed by atoms with Gasteiger partial charge in [-0.2, -0.15) is 0 Å². The highest BCUT2D eigenvalue weighted by molar-refractivity contribution is 8.00. The van der Waals surface area contributed by atoms with Crippen molar-refractivity contribution < 1.29 is 18.9 Å². The fourth-order valence-corrected chi connectivity index (χ4v) is 24.4. The number of hydrogen-bond acceptors (Lipinski definition) is 10. The van der Waals surface area contributed by atoms with Crippen molar-refractivity contribution in [1.82, 2.24) is 9.13 Å². The molecule has 126 heavy (non-hydrogen) atoms. The third-order valence-electron chi connectivity index (χ3n) is 26.7. The Morgan fingerprint density at radius 2 is 0.540 bits per heavy atom. The molecule has 0 spiro atoms. The fourth-order valence-electron chi connectivity index (χ4n) is 22.0. The maximum Gasteiger partial charge on any atom is 0.247 e. The minimum Gasteiger partial charge on any atom is -0.453 e. The first kappa shape index (κ1) is 71.4. The molecule has 0 aliphatic carbocycles. The van der Waals surface area contributed by atoms with Crippen molar-refractivity contribution in [1.29, 1.82) is 0 Å². The Morgan fingerprint density at radius 3 is 0.897 bits per heavy atom. The second kappa shape index (κ2) is 27.4. The van der Waals surface area contributed by atoms with E-state index in [0.717, 1.165) is 125 Å². The number of fused-ring (bicyclic) bond motifs is 6. The molecule has 0 N–H and O–H groups in total. The molecule has 29 rings (SSSR count). The lowest BCUT2D eigenvalue weighted by Gasteiger charge is -2.45. The summed E-state index contributed by atoms with van der Waals surface area (Å²) in [6.07, 6.45) is 0. The van der Waals surface area contributed by atoms with E-state index in [1.807, 2.05) is 23.5 Å². The number of aryl methyl sites for hydroxylation is 3. The average molecular weight is 1650 g/mol. The predicted octanol–water partition coefficient (Wildman–Crippen LogP) is 23.9. The molecule has 0 saturated heterocycles. The molecular weight excluding hydrogens is 1580 g/mol. The van der Waals surface area contributed by atoms with Gasteiger partial charge in [0.05, 0.1) is 73.3 Å². The van der Waals surface area contributed by atoms with Crippen LogP contribution in [0.2, 0.25) is 0 Å². The Morgan fingerprint density at radius 1 is 0.238 bits per heavy atom. The topological polar surface area (TPSA) is 59.7 Å². The Labute approximate surface area is 737 Å². The van der Waals surface area contributed by atoms with Crippen LogP contribution >= 0.6 is 23.5 Å². The Hall–Kier alpha value is -15.1. The van der Waals surface area contributed by atoms with Crippen LogP contribution in [0.3, 0.4) is 0 Å². The van der Waals surface area contributed by atoms with Crippen LogP contribution in [0.15, 0.2) is 396 Å². The largest absolute Gasteiger partial charge is 0.453 e. The van der Waals surface area contributed by atoms with Gasteiger partial charge >= 0.3 is 0 Å². The first-order valence-corrected chi connectivity index (χ1v) is 44.7. The lowest BCUT2D eigenvalue weighted by atomic mass is 9.33. The van der Waals surface area contributed by atoms with Gasteiger partial charge < -0.3 is 37.9 Å². The number of ether oxygens (including phenoxy) is 4. The van der Waals surface area contributed by atoms with E-state index in [1.54, 1.807) is 0 Å². The quantitative estimate of drug-likeness (QED) is 0.138. The molecule has 590 valence electrons. The van der Waals surface area contributed by atoms with Gasteiger partial charge in [0.15, 0.2) is 46.0 Å². The number of para-hydroxylation sites is 12. The molecule has 0 amide bonds. The van der Waals surface area contributed by atoms with Crippen molar-refractivity contribution in [2.24, 2.45) is 0 Å². The Bertz CT molecular complexity index is 7700. The highest BCUT2D eigenvalue weighted by Gasteiger charge is 2.49. The van der Waals surface area contributed by atoms with Crippen LogP contribution in [0.4, 0.5) is 68.2 Å². The number of rotatable bonds is 8. The highest BCUT2D eigenvalue weighted by Crippen LogP contribution is 2.65. The molecule has 0 saturated carbocycles. The zero-order valence-electron chi connectivity index (χ0n) is 68.7. The van der Waals surface area contributed by atoms with Gasteiger partial charge in [0.2, 0.25) is 20.1 Å². The zero-order valence-corrected chi connectivity index (χ0v) is 70.3. The second-order valence-corrected chi connectivity index (χ2v) is 36.0. The van der Waals surface area contributed by atoms with E-state index in [2.05, 4.69) is 426 Å². The SMILES string of the molecule is Cc1cc(C)c(B2c3cccc4c3N3c5c(cc(-n6c7ccccc7c7ccccc76)cc5Oc5cccc2c53)O4)c(C)c1.c1ccc(B2c3cccc4c3N3c5c(cc(-n6c7ccccc7c7ccccc76)cc5Oc5cccc2c53)O4)cc1.c1ccc(B2c3cccc4c3N3c5c(cc(N(c6ccccc6)c6ccccc6)cc5Sc5cccc2c53)S4)cc1. The Kier molecular flexibility index (Phi) is 15.5. The summed E-state index contributed by atoms with van der Waals surface area (Å²) in [6.45, 7) is 7.03. The number of nitrogens with zero attached hydrogens (tertiary/aromatic N) is 6. The van der Waals surface area contributed by atoms with Crippen molar-refractivity contribution in [3.63, 3.8) is 0 Å². The number of benzene rings is 18. The van der Waals surface area contributed by atoms with E-state index >= 15 is 0 Å². The summed E-state index contributed by atoms with van der Waals surface area (Å²) in [5.74, 6) is 6.65. The second-order valence-electron chi connectivity index (χ2n) is 33.8. The lowest BCUT2D eigenvalue weighted by Crippen LogP contribution is -2.59. The summed E-state index contributed by atoms with van der Waals surface area (Å²) in [7, 11) is 0. The predicted molar refractivity (Wildman–Crippen MR) is 523 cm³/mol. The van der Waals surface area contributed by atoms with E-state index in [1.165, 1.54) is 130 Å². The van der Waals surface area contributed by atoms with Crippen LogP contribution in [0, 0.1) is 20.8 Å². The maximum absolute atomic E-state index is 6.84. The zero-order chi connectivity index (χ0) is 82.8. The normalized spacial score (nSPS) is 13.6. The van der Waals surface area contributed by atoms with Gasteiger partial charge in [0.25, 0.3) is 0 Å². The van der Waals surface area contributed by atoms with Crippen molar-refractivity contribution in [3.05, 3.63) is 393 Å². The van der Waals surface area contributed by atoms with Crippen LogP contribution < -0.4 is 87.7 Å². The van der Waals surface area contributed by atoms with Gasteiger partial charge in [-0.05, 0) is 151 Å². The number of hydrogen-bond donors (Lipinski definition) is 0. The smallest absolute Gasteiger partial charge is 0.247 e. The molecular formula is C111H71B3N6O4S2. The molecule has 9 aliphatic heterocycles. The third-order valence-corrected chi connectivity index (χ3v) is 28.9. The average Bonchev–Trinajstić information content (AvgIpc) is 0.786.